The molecule has 2 aromatic carbocycles. The highest BCUT2D eigenvalue weighted by molar-refractivity contribution is 7.17. The predicted octanol–water partition coefficient (Wildman–Crippen LogP) is 4.98. The molecule has 0 saturated heterocycles. The summed E-state index contributed by atoms with van der Waals surface area (Å²) in [5.74, 6) is 0.347. The zero-order valence-corrected chi connectivity index (χ0v) is 16.7. The van der Waals surface area contributed by atoms with Crippen molar-refractivity contribution in [1.82, 2.24) is 4.98 Å². The van der Waals surface area contributed by atoms with Gasteiger partial charge in [-0.1, -0.05) is 41.7 Å². The number of phenolic OH excluding ortho intramolecular Hbond substituents is 1. The van der Waals surface area contributed by atoms with E-state index in [1.807, 2.05) is 30.3 Å². The summed E-state index contributed by atoms with van der Waals surface area (Å²) < 4.78 is 11.1. The van der Waals surface area contributed by atoms with Gasteiger partial charge in [0.1, 0.15) is 22.0 Å². The molecule has 6 nitrogen and oxygen atoms in total. The minimum atomic E-state index is -0.403. The lowest BCUT2D eigenvalue weighted by Crippen LogP contribution is -2.03. The maximum Gasteiger partial charge on any atom is 0.350 e. The number of ether oxygens (including phenoxy) is 1. The molecular weight excluding hydrogens is 388 g/mol. The van der Waals surface area contributed by atoms with Crippen LogP contribution in [-0.4, -0.2) is 22.7 Å². The fraction of sp³-hybridized carbons (Fsp3) is 0.136. The van der Waals surface area contributed by atoms with E-state index in [1.54, 1.807) is 38.1 Å². The first-order valence-corrected chi connectivity index (χ1v) is 9.88. The van der Waals surface area contributed by atoms with Crippen molar-refractivity contribution in [1.29, 1.82) is 0 Å². The molecule has 0 saturated carbocycles. The highest BCUT2D eigenvalue weighted by Crippen LogP contribution is 2.28. The van der Waals surface area contributed by atoms with Crippen LogP contribution in [0.2, 0.25) is 0 Å². The molecular formula is C22H18N2O4S. The van der Waals surface area contributed by atoms with Crippen molar-refractivity contribution in [3.63, 3.8) is 0 Å². The van der Waals surface area contributed by atoms with E-state index < -0.39 is 5.97 Å². The van der Waals surface area contributed by atoms with Gasteiger partial charge in [0.2, 0.25) is 5.13 Å². The summed E-state index contributed by atoms with van der Waals surface area (Å²) in [5.41, 5.74) is 2.06. The molecule has 146 valence electrons. The van der Waals surface area contributed by atoms with Gasteiger partial charge in [-0.2, -0.15) is 0 Å². The third-order valence-electron chi connectivity index (χ3n) is 4.25. The lowest BCUT2D eigenvalue weighted by Gasteiger charge is -2.05. The number of aryl methyl sites for hydroxylation is 1. The van der Waals surface area contributed by atoms with Gasteiger partial charge in [0.25, 0.3) is 0 Å². The average Bonchev–Trinajstić information content (AvgIpc) is 3.09. The number of esters is 1. The summed E-state index contributed by atoms with van der Waals surface area (Å²) in [4.78, 5) is 21.6. The summed E-state index contributed by atoms with van der Waals surface area (Å²) in [7, 11) is 0. The van der Waals surface area contributed by atoms with Crippen molar-refractivity contribution in [2.75, 3.05) is 6.61 Å². The maximum atomic E-state index is 12.1. The first-order chi connectivity index (χ1) is 14.0. The Labute approximate surface area is 170 Å². The summed E-state index contributed by atoms with van der Waals surface area (Å²) in [6.07, 6.45) is 0. The van der Waals surface area contributed by atoms with E-state index in [1.165, 1.54) is 11.3 Å². The number of aromatic nitrogens is 1. The molecule has 0 atom stereocenters. The number of carbonyl (C=O) groups is 1. The van der Waals surface area contributed by atoms with Gasteiger partial charge in [-0.15, -0.1) is 0 Å². The molecule has 0 aliphatic heterocycles. The van der Waals surface area contributed by atoms with E-state index in [4.69, 9.17) is 9.15 Å². The molecule has 0 amide bonds. The monoisotopic (exact) mass is 406 g/mol. The van der Waals surface area contributed by atoms with Crippen molar-refractivity contribution >= 4 is 33.4 Å². The molecule has 2 heterocycles. The van der Waals surface area contributed by atoms with Crippen molar-refractivity contribution in [2.24, 2.45) is 4.99 Å². The second-order valence-electron chi connectivity index (χ2n) is 6.29. The third-order valence-corrected chi connectivity index (χ3v) is 5.28. The van der Waals surface area contributed by atoms with E-state index in [9.17, 15) is 9.90 Å². The Balaban J connectivity index is 1.91. The van der Waals surface area contributed by atoms with Crippen molar-refractivity contribution in [3.05, 3.63) is 70.5 Å². The molecule has 0 aliphatic carbocycles. The molecule has 7 heteroatoms. The highest BCUT2D eigenvalue weighted by atomic mass is 32.1. The molecule has 1 N–H and O–H groups in total. The number of fused-ring (bicyclic) bond motifs is 1. The first kappa shape index (κ1) is 18.9. The molecule has 2 aromatic heterocycles. The summed E-state index contributed by atoms with van der Waals surface area (Å²) >= 11 is 1.17. The van der Waals surface area contributed by atoms with Crippen LogP contribution < -0.4 is 5.36 Å². The minimum Gasteiger partial charge on any atom is -0.508 e. The van der Waals surface area contributed by atoms with Crippen LogP contribution in [0.15, 0.2) is 64.0 Å². The van der Waals surface area contributed by atoms with Gasteiger partial charge in [0, 0.05) is 17.0 Å². The maximum absolute atomic E-state index is 12.1. The van der Waals surface area contributed by atoms with E-state index in [-0.39, 0.29) is 5.75 Å². The topological polar surface area (TPSA) is 84.9 Å². The molecule has 0 spiro atoms. The smallest absolute Gasteiger partial charge is 0.350 e. The first-order valence-electron chi connectivity index (χ1n) is 9.06. The lowest BCUT2D eigenvalue weighted by molar-refractivity contribution is 0.0531. The standard InChI is InChI=1S/C22H18N2O4S/c1-3-27-21(26)20-13(2)23-22(29-20)24-17-12-19(14-7-5-4-6-8-14)28-18-10-9-15(25)11-16(17)18/h4-12,25H,3H2,1-2H3/b24-17+. The Bertz CT molecular complexity index is 1260. The second kappa shape index (κ2) is 7.89. The number of hydrogen-bond acceptors (Lipinski definition) is 7. The van der Waals surface area contributed by atoms with Crippen molar-refractivity contribution in [2.45, 2.75) is 13.8 Å². The Hall–Kier alpha value is -3.45. The SMILES string of the molecule is CCOC(=O)c1sc(/N=c2\cc(-c3ccccc3)oc3ccc(O)cc23)nc1C. The predicted molar refractivity (Wildman–Crippen MR) is 111 cm³/mol. The van der Waals surface area contributed by atoms with Gasteiger partial charge in [-0.3, -0.25) is 0 Å². The number of benzene rings is 2. The van der Waals surface area contributed by atoms with Crippen molar-refractivity contribution in [3.8, 4) is 17.1 Å². The molecule has 4 aromatic rings. The minimum absolute atomic E-state index is 0.110. The Morgan fingerprint density at radius 3 is 2.76 bits per heavy atom. The van der Waals surface area contributed by atoms with Crippen LogP contribution in [0.4, 0.5) is 5.13 Å². The van der Waals surface area contributed by atoms with Crippen LogP contribution in [0.25, 0.3) is 22.3 Å². The van der Waals surface area contributed by atoms with Crippen LogP contribution in [0.5, 0.6) is 5.75 Å². The Morgan fingerprint density at radius 1 is 1.21 bits per heavy atom. The highest BCUT2D eigenvalue weighted by Gasteiger charge is 2.16. The molecule has 4 rings (SSSR count). The van der Waals surface area contributed by atoms with Gasteiger partial charge in [-0.25, -0.2) is 14.8 Å². The van der Waals surface area contributed by atoms with Crippen LogP contribution in [0, 0.1) is 6.92 Å². The van der Waals surface area contributed by atoms with Crippen LogP contribution in [0.3, 0.4) is 0 Å². The van der Waals surface area contributed by atoms with Gasteiger partial charge in [-0.05, 0) is 32.0 Å². The van der Waals surface area contributed by atoms with Gasteiger partial charge in [0.05, 0.1) is 17.7 Å². The van der Waals surface area contributed by atoms with E-state index in [0.29, 0.717) is 44.4 Å². The van der Waals surface area contributed by atoms with Gasteiger partial charge < -0.3 is 14.3 Å². The number of hydrogen-bond donors (Lipinski definition) is 1. The summed E-state index contributed by atoms with van der Waals surface area (Å²) in [5, 5.41) is 11.6. The molecule has 29 heavy (non-hydrogen) atoms. The van der Waals surface area contributed by atoms with Crippen molar-refractivity contribution < 1.29 is 19.1 Å². The molecule has 0 fully saturated rings. The Kier molecular flexibility index (Phi) is 5.14. The molecule has 0 aliphatic rings. The van der Waals surface area contributed by atoms with E-state index in [0.717, 1.165) is 5.56 Å². The number of thiazole rings is 1. The van der Waals surface area contributed by atoms with Crippen LogP contribution in [-0.2, 0) is 4.74 Å². The third kappa shape index (κ3) is 3.90. The van der Waals surface area contributed by atoms with E-state index >= 15 is 0 Å². The summed E-state index contributed by atoms with van der Waals surface area (Å²) in [6.45, 7) is 3.81. The largest absolute Gasteiger partial charge is 0.508 e. The lowest BCUT2D eigenvalue weighted by atomic mass is 10.1. The van der Waals surface area contributed by atoms with E-state index in [2.05, 4.69) is 9.98 Å². The fourth-order valence-corrected chi connectivity index (χ4v) is 3.76. The number of carbonyl (C=O) groups excluding carboxylic acids is 1. The van der Waals surface area contributed by atoms with Gasteiger partial charge >= 0.3 is 5.97 Å². The van der Waals surface area contributed by atoms with Crippen LogP contribution in [0.1, 0.15) is 22.3 Å². The quantitative estimate of drug-likeness (QED) is 0.483. The zero-order valence-electron chi connectivity index (χ0n) is 15.9. The normalized spacial score (nSPS) is 11.7. The fourth-order valence-electron chi connectivity index (χ4n) is 2.91. The zero-order chi connectivity index (χ0) is 20.4. The van der Waals surface area contributed by atoms with Gasteiger partial charge in [0.15, 0.2) is 0 Å². The number of nitrogens with zero attached hydrogens (tertiary/aromatic N) is 2. The molecule has 0 radical (unpaired) electrons. The average molecular weight is 406 g/mol. The molecule has 0 unspecified atom stereocenters. The van der Waals surface area contributed by atoms with Crippen LogP contribution >= 0.6 is 11.3 Å². The molecule has 0 bridgehead atoms. The summed E-state index contributed by atoms with van der Waals surface area (Å²) in [6, 6.07) is 16.4. The second-order valence-corrected chi connectivity index (χ2v) is 7.26. The number of rotatable bonds is 4. The number of aromatic hydroxyl groups is 1. The Morgan fingerprint density at radius 2 is 2.00 bits per heavy atom. The number of phenols is 1.